The van der Waals surface area contributed by atoms with Gasteiger partial charge in [0, 0.05) is 30.8 Å². The lowest BCUT2D eigenvalue weighted by molar-refractivity contribution is -0.384. The maximum Gasteiger partial charge on any atom is 0.310 e. The first kappa shape index (κ1) is 21.6. The molecule has 7 nitrogen and oxygen atoms in total. The topological polar surface area (TPSA) is 89.8 Å². The second-order valence-corrected chi connectivity index (χ2v) is 7.24. The summed E-state index contributed by atoms with van der Waals surface area (Å²) in [5.41, 5.74) is 0.719. The van der Waals surface area contributed by atoms with Crippen molar-refractivity contribution >= 4 is 23.6 Å². The maximum absolute atomic E-state index is 12.9. The molecule has 1 amide bonds. The van der Waals surface area contributed by atoms with Crippen molar-refractivity contribution < 1.29 is 19.2 Å². The molecule has 1 fully saturated rings. The van der Waals surface area contributed by atoms with Gasteiger partial charge >= 0.3 is 5.97 Å². The number of nitro groups is 1. The van der Waals surface area contributed by atoms with Gasteiger partial charge in [-0.15, -0.1) is 0 Å². The highest BCUT2D eigenvalue weighted by Crippen LogP contribution is 2.23. The molecule has 1 aliphatic carbocycles. The van der Waals surface area contributed by atoms with E-state index in [1.165, 1.54) is 38.2 Å². The van der Waals surface area contributed by atoms with Crippen LogP contribution in [0.4, 0.5) is 5.69 Å². The van der Waals surface area contributed by atoms with Gasteiger partial charge in [0.1, 0.15) is 0 Å². The van der Waals surface area contributed by atoms with Gasteiger partial charge in [0.15, 0.2) is 0 Å². The van der Waals surface area contributed by atoms with Crippen molar-refractivity contribution in [2.45, 2.75) is 51.5 Å². The van der Waals surface area contributed by atoms with Gasteiger partial charge in [-0.2, -0.15) is 0 Å². The third-order valence-corrected chi connectivity index (χ3v) is 5.14. The van der Waals surface area contributed by atoms with E-state index in [-0.39, 0.29) is 23.6 Å². The molecule has 7 heteroatoms. The third-order valence-electron chi connectivity index (χ3n) is 5.14. The molecule has 28 heavy (non-hydrogen) atoms. The SMILES string of the molecule is COC(=O)C(C)CN(C(=O)/C=C/c1ccc([N+](=O)[O-])cc1)C1CCCCCC1. The van der Waals surface area contributed by atoms with Gasteiger partial charge in [-0.1, -0.05) is 32.6 Å². The molecule has 1 atom stereocenters. The summed E-state index contributed by atoms with van der Waals surface area (Å²) in [5.74, 6) is -0.878. The summed E-state index contributed by atoms with van der Waals surface area (Å²) in [4.78, 5) is 36.9. The summed E-state index contributed by atoms with van der Waals surface area (Å²) < 4.78 is 4.81. The number of rotatable bonds is 7. The predicted molar refractivity (Wildman–Crippen MR) is 107 cm³/mol. The van der Waals surface area contributed by atoms with Crippen molar-refractivity contribution in [1.29, 1.82) is 0 Å². The number of ether oxygens (including phenoxy) is 1. The zero-order valence-corrected chi connectivity index (χ0v) is 16.5. The lowest BCUT2D eigenvalue weighted by atomic mass is 10.0. The van der Waals surface area contributed by atoms with Crippen LogP contribution < -0.4 is 0 Å². The number of nitrogens with zero attached hydrogens (tertiary/aromatic N) is 2. The van der Waals surface area contributed by atoms with Crippen molar-refractivity contribution in [3.05, 3.63) is 46.0 Å². The Hall–Kier alpha value is -2.70. The van der Waals surface area contributed by atoms with Crippen molar-refractivity contribution in [2.75, 3.05) is 13.7 Å². The number of amides is 1. The minimum absolute atomic E-state index is 0.00969. The van der Waals surface area contributed by atoms with Gasteiger partial charge in [0.2, 0.25) is 5.91 Å². The summed E-state index contributed by atoms with van der Waals surface area (Å²) in [6, 6.07) is 6.15. The molecule has 152 valence electrons. The van der Waals surface area contributed by atoms with E-state index in [2.05, 4.69) is 0 Å². The van der Waals surface area contributed by atoms with E-state index in [0.717, 1.165) is 25.7 Å². The van der Waals surface area contributed by atoms with Crippen molar-refractivity contribution in [1.82, 2.24) is 4.90 Å². The first-order valence-electron chi connectivity index (χ1n) is 9.73. The van der Waals surface area contributed by atoms with Crippen LogP contribution in [0.25, 0.3) is 6.08 Å². The number of hydrogen-bond donors (Lipinski definition) is 0. The van der Waals surface area contributed by atoms with Crippen LogP contribution in [0.5, 0.6) is 0 Å². The molecule has 1 unspecified atom stereocenters. The van der Waals surface area contributed by atoms with Gasteiger partial charge in [-0.25, -0.2) is 0 Å². The molecular weight excluding hydrogens is 360 g/mol. The van der Waals surface area contributed by atoms with Crippen LogP contribution in [-0.4, -0.2) is 41.4 Å². The average Bonchev–Trinajstić information content (AvgIpc) is 2.99. The van der Waals surface area contributed by atoms with E-state index >= 15 is 0 Å². The van der Waals surface area contributed by atoms with E-state index in [1.54, 1.807) is 30.0 Å². The smallest absolute Gasteiger partial charge is 0.310 e. The second kappa shape index (κ2) is 10.6. The fourth-order valence-electron chi connectivity index (χ4n) is 3.53. The van der Waals surface area contributed by atoms with Crippen LogP contribution in [0.2, 0.25) is 0 Å². The number of esters is 1. The standard InChI is InChI=1S/C21H28N2O5/c1-16(21(25)28-2)15-22(18-7-5-3-4-6-8-18)20(24)14-11-17-9-12-19(13-10-17)23(26)27/h9-14,16,18H,3-8,15H2,1-2H3/b14-11+. The van der Waals surface area contributed by atoms with Gasteiger partial charge in [-0.3, -0.25) is 19.7 Å². The van der Waals surface area contributed by atoms with Gasteiger partial charge in [-0.05, 0) is 36.6 Å². The zero-order valence-electron chi connectivity index (χ0n) is 16.5. The summed E-state index contributed by atoms with van der Waals surface area (Å²) in [5, 5.41) is 10.7. The van der Waals surface area contributed by atoms with Gasteiger partial charge < -0.3 is 9.64 Å². The lowest BCUT2D eigenvalue weighted by Gasteiger charge is -2.32. The number of methoxy groups -OCH3 is 1. The Labute approximate surface area is 165 Å². The predicted octanol–water partition coefficient (Wildman–Crippen LogP) is 3.97. The Kier molecular flexibility index (Phi) is 8.17. The average molecular weight is 388 g/mol. The highest BCUT2D eigenvalue weighted by molar-refractivity contribution is 5.92. The normalized spacial score (nSPS) is 16.4. The molecule has 0 heterocycles. The van der Waals surface area contributed by atoms with Crippen LogP contribution in [-0.2, 0) is 14.3 Å². The summed E-state index contributed by atoms with van der Waals surface area (Å²) >= 11 is 0. The maximum atomic E-state index is 12.9. The summed E-state index contributed by atoms with van der Waals surface area (Å²) in [6.45, 7) is 2.09. The number of hydrogen-bond acceptors (Lipinski definition) is 5. The molecule has 0 spiro atoms. The molecule has 0 bridgehead atoms. The number of carbonyl (C=O) groups is 2. The van der Waals surface area contributed by atoms with E-state index in [4.69, 9.17) is 4.74 Å². The quantitative estimate of drug-likeness (QED) is 0.232. The molecule has 1 aliphatic rings. The first-order chi connectivity index (χ1) is 13.4. The molecule has 0 N–H and O–H groups in total. The second-order valence-electron chi connectivity index (χ2n) is 7.24. The van der Waals surface area contributed by atoms with Crippen LogP contribution in [0, 0.1) is 16.0 Å². The minimum atomic E-state index is -0.458. The number of benzene rings is 1. The fraction of sp³-hybridized carbons (Fsp3) is 0.524. The Morgan fingerprint density at radius 2 is 1.82 bits per heavy atom. The van der Waals surface area contributed by atoms with E-state index in [0.29, 0.717) is 12.1 Å². The summed E-state index contributed by atoms with van der Waals surface area (Å²) in [7, 11) is 1.35. The van der Waals surface area contributed by atoms with Crippen molar-refractivity contribution in [3.63, 3.8) is 0 Å². The molecule has 0 radical (unpaired) electrons. The lowest BCUT2D eigenvalue weighted by Crippen LogP contribution is -2.43. The number of nitro benzene ring substituents is 1. The number of carbonyl (C=O) groups excluding carboxylic acids is 2. The van der Waals surface area contributed by atoms with Crippen molar-refractivity contribution in [3.8, 4) is 0 Å². The van der Waals surface area contributed by atoms with E-state index < -0.39 is 10.8 Å². The molecule has 0 aliphatic heterocycles. The van der Waals surface area contributed by atoms with Crippen LogP contribution >= 0.6 is 0 Å². The van der Waals surface area contributed by atoms with Gasteiger partial charge in [0.25, 0.3) is 5.69 Å². The van der Waals surface area contributed by atoms with Gasteiger partial charge in [0.05, 0.1) is 18.0 Å². The minimum Gasteiger partial charge on any atom is -0.469 e. The monoisotopic (exact) mass is 388 g/mol. The third kappa shape index (κ3) is 6.18. The number of non-ortho nitro benzene ring substituents is 1. The first-order valence-corrected chi connectivity index (χ1v) is 9.73. The Morgan fingerprint density at radius 1 is 1.21 bits per heavy atom. The fourth-order valence-corrected chi connectivity index (χ4v) is 3.53. The Morgan fingerprint density at radius 3 is 2.36 bits per heavy atom. The van der Waals surface area contributed by atoms with Crippen LogP contribution in [0.15, 0.2) is 30.3 Å². The molecule has 1 aromatic rings. The Bertz CT molecular complexity index is 706. The zero-order chi connectivity index (χ0) is 20.5. The summed E-state index contributed by atoms with van der Waals surface area (Å²) in [6.07, 6.45) is 9.50. The van der Waals surface area contributed by atoms with Crippen molar-refractivity contribution in [2.24, 2.45) is 5.92 Å². The highest BCUT2D eigenvalue weighted by atomic mass is 16.6. The van der Waals surface area contributed by atoms with E-state index in [9.17, 15) is 19.7 Å². The largest absolute Gasteiger partial charge is 0.469 e. The van der Waals surface area contributed by atoms with Crippen LogP contribution in [0.1, 0.15) is 51.0 Å². The molecule has 0 aromatic heterocycles. The molecule has 0 saturated heterocycles. The Balaban J connectivity index is 2.14. The molecule has 1 aromatic carbocycles. The van der Waals surface area contributed by atoms with Crippen LogP contribution in [0.3, 0.4) is 0 Å². The van der Waals surface area contributed by atoms with E-state index in [1.807, 2.05) is 0 Å². The highest BCUT2D eigenvalue weighted by Gasteiger charge is 2.27. The molecule has 2 rings (SSSR count). The molecule has 1 saturated carbocycles. The molecular formula is C21H28N2O5.